The van der Waals surface area contributed by atoms with Gasteiger partial charge in [0.05, 0.1) is 0 Å². The van der Waals surface area contributed by atoms with Crippen LogP contribution in [0.4, 0.5) is 0 Å². The summed E-state index contributed by atoms with van der Waals surface area (Å²) in [7, 11) is 0. The third kappa shape index (κ3) is 1.88. The quantitative estimate of drug-likeness (QED) is 0.715. The number of Topliss-reactive ketones (excluding diaryl/α,β-unsaturated/α-hetero) is 1. The van der Waals surface area contributed by atoms with Crippen LogP contribution in [0.1, 0.15) is 44.3 Å². The average molecular weight is 264 g/mol. The highest BCUT2D eigenvalue weighted by molar-refractivity contribution is 6.28. The van der Waals surface area contributed by atoms with Gasteiger partial charge in [-0.1, -0.05) is 36.4 Å². The summed E-state index contributed by atoms with van der Waals surface area (Å²) in [5, 5.41) is 0. The molecule has 1 aliphatic carbocycles. The number of benzene rings is 2. The van der Waals surface area contributed by atoms with Crippen LogP contribution in [-0.4, -0.2) is 17.3 Å². The number of fused-ring (bicyclic) bond motifs is 2. The smallest absolute Gasteiger partial charge is 0.194 e. The Morgan fingerprint density at radius 1 is 0.850 bits per heavy atom. The zero-order valence-corrected chi connectivity index (χ0v) is 11.0. The van der Waals surface area contributed by atoms with Gasteiger partial charge in [0.1, 0.15) is 5.78 Å². The van der Waals surface area contributed by atoms with Crippen LogP contribution in [0.25, 0.3) is 0 Å². The summed E-state index contributed by atoms with van der Waals surface area (Å²) in [5.41, 5.74) is 2.46. The maximum absolute atomic E-state index is 12.5. The summed E-state index contributed by atoms with van der Waals surface area (Å²) < 4.78 is 0. The highest BCUT2D eigenvalue weighted by atomic mass is 16.1. The van der Waals surface area contributed by atoms with Crippen molar-refractivity contribution in [1.82, 2.24) is 0 Å². The number of carbonyl (C=O) groups is 3. The maximum Gasteiger partial charge on any atom is 0.194 e. The van der Waals surface area contributed by atoms with Gasteiger partial charge in [0.25, 0.3) is 0 Å². The summed E-state index contributed by atoms with van der Waals surface area (Å²) in [6.07, 6.45) is 0.274. The topological polar surface area (TPSA) is 51.2 Å². The van der Waals surface area contributed by atoms with E-state index in [-0.39, 0.29) is 23.8 Å². The number of hydrogen-bond donors (Lipinski definition) is 0. The molecule has 2 aromatic rings. The highest BCUT2D eigenvalue weighted by Crippen LogP contribution is 2.27. The molecular weight excluding hydrogens is 252 g/mol. The molecule has 3 heteroatoms. The van der Waals surface area contributed by atoms with Gasteiger partial charge in [0.2, 0.25) is 0 Å². The molecule has 0 saturated heterocycles. The van der Waals surface area contributed by atoms with Gasteiger partial charge in [-0.15, -0.1) is 0 Å². The molecule has 0 bridgehead atoms. The molecule has 98 valence electrons. The first kappa shape index (κ1) is 12.5. The largest absolute Gasteiger partial charge is 0.300 e. The average Bonchev–Trinajstić information content (AvgIpc) is 2.44. The molecule has 0 unspecified atom stereocenters. The molecule has 0 heterocycles. The van der Waals surface area contributed by atoms with E-state index in [1.54, 1.807) is 42.5 Å². The minimum absolute atomic E-state index is 0.0277. The van der Waals surface area contributed by atoms with Crippen molar-refractivity contribution < 1.29 is 14.4 Å². The van der Waals surface area contributed by atoms with E-state index in [4.69, 9.17) is 0 Å². The van der Waals surface area contributed by atoms with E-state index in [0.717, 1.165) is 5.56 Å². The molecule has 20 heavy (non-hydrogen) atoms. The first-order valence-corrected chi connectivity index (χ1v) is 6.38. The van der Waals surface area contributed by atoms with Crippen molar-refractivity contribution in [2.45, 2.75) is 13.3 Å². The van der Waals surface area contributed by atoms with Gasteiger partial charge in [-0.3, -0.25) is 14.4 Å². The van der Waals surface area contributed by atoms with E-state index < -0.39 is 0 Å². The summed E-state index contributed by atoms with van der Waals surface area (Å²) in [6.45, 7) is 1.50. The van der Waals surface area contributed by atoms with Crippen molar-refractivity contribution in [1.29, 1.82) is 0 Å². The second kappa shape index (κ2) is 4.53. The molecule has 3 nitrogen and oxygen atoms in total. The van der Waals surface area contributed by atoms with Crippen LogP contribution in [-0.2, 0) is 11.2 Å². The Kier molecular flexibility index (Phi) is 2.83. The minimum atomic E-state index is -0.152. The Bertz CT molecular complexity index is 757. The van der Waals surface area contributed by atoms with Gasteiger partial charge < -0.3 is 0 Å². The van der Waals surface area contributed by atoms with Crippen LogP contribution in [0.2, 0.25) is 0 Å². The molecular formula is C17H12O3. The summed E-state index contributed by atoms with van der Waals surface area (Å²) in [6, 6.07) is 11.9. The molecule has 0 atom stereocenters. The molecule has 2 aromatic carbocycles. The molecule has 3 rings (SSSR count). The number of ketones is 3. The monoisotopic (exact) mass is 264 g/mol. The molecule has 0 aliphatic heterocycles. The van der Waals surface area contributed by atoms with Gasteiger partial charge in [-0.05, 0) is 18.6 Å². The lowest BCUT2D eigenvalue weighted by atomic mass is 9.83. The second-order valence-corrected chi connectivity index (χ2v) is 4.96. The minimum Gasteiger partial charge on any atom is -0.300 e. The first-order valence-electron chi connectivity index (χ1n) is 6.38. The highest BCUT2D eigenvalue weighted by Gasteiger charge is 2.29. The predicted molar refractivity (Wildman–Crippen MR) is 74.1 cm³/mol. The van der Waals surface area contributed by atoms with E-state index in [0.29, 0.717) is 22.3 Å². The van der Waals surface area contributed by atoms with Crippen molar-refractivity contribution in [3.05, 3.63) is 70.3 Å². The third-order valence-electron chi connectivity index (χ3n) is 3.44. The number of rotatable bonds is 2. The Balaban J connectivity index is 2.16. The SMILES string of the molecule is CC(=O)Cc1ccc2c(c1)C(=O)c1ccccc1C2=O. The van der Waals surface area contributed by atoms with Gasteiger partial charge in [-0.2, -0.15) is 0 Å². The predicted octanol–water partition coefficient (Wildman–Crippen LogP) is 2.59. The normalized spacial score (nSPS) is 12.8. The standard InChI is InChI=1S/C17H12O3/c1-10(18)8-11-6-7-14-15(9-11)17(20)13-5-3-2-4-12(13)16(14)19/h2-7,9H,8H2,1H3. The van der Waals surface area contributed by atoms with Crippen LogP contribution >= 0.6 is 0 Å². The summed E-state index contributed by atoms with van der Waals surface area (Å²) in [5.74, 6) is -0.259. The van der Waals surface area contributed by atoms with E-state index in [9.17, 15) is 14.4 Å². The van der Waals surface area contributed by atoms with Crippen LogP contribution in [0, 0.1) is 0 Å². The molecule has 0 fully saturated rings. The van der Waals surface area contributed by atoms with E-state index >= 15 is 0 Å². The lowest BCUT2D eigenvalue weighted by Gasteiger charge is -2.17. The molecule has 0 spiro atoms. The lowest BCUT2D eigenvalue weighted by molar-refractivity contribution is -0.116. The third-order valence-corrected chi connectivity index (χ3v) is 3.44. The van der Waals surface area contributed by atoms with Gasteiger partial charge in [0.15, 0.2) is 11.6 Å². The van der Waals surface area contributed by atoms with Crippen LogP contribution in [0.15, 0.2) is 42.5 Å². The van der Waals surface area contributed by atoms with Gasteiger partial charge in [0, 0.05) is 28.7 Å². The molecule has 0 N–H and O–H groups in total. The molecule has 0 radical (unpaired) electrons. The van der Waals surface area contributed by atoms with E-state index in [1.165, 1.54) is 6.92 Å². The zero-order valence-electron chi connectivity index (χ0n) is 11.0. The summed E-state index contributed by atoms with van der Waals surface area (Å²) in [4.78, 5) is 36.0. The van der Waals surface area contributed by atoms with Crippen LogP contribution in [0.3, 0.4) is 0 Å². The molecule has 0 saturated carbocycles. The summed E-state index contributed by atoms with van der Waals surface area (Å²) >= 11 is 0. The molecule has 0 amide bonds. The van der Waals surface area contributed by atoms with E-state index in [1.807, 2.05) is 0 Å². The second-order valence-electron chi connectivity index (χ2n) is 4.96. The molecule has 1 aliphatic rings. The van der Waals surface area contributed by atoms with Crippen LogP contribution in [0.5, 0.6) is 0 Å². The Labute approximate surface area is 116 Å². The van der Waals surface area contributed by atoms with Crippen LogP contribution < -0.4 is 0 Å². The van der Waals surface area contributed by atoms with E-state index in [2.05, 4.69) is 0 Å². The van der Waals surface area contributed by atoms with Crippen molar-refractivity contribution in [2.24, 2.45) is 0 Å². The van der Waals surface area contributed by atoms with Crippen molar-refractivity contribution in [3.8, 4) is 0 Å². The fourth-order valence-electron chi connectivity index (χ4n) is 2.54. The fourth-order valence-corrected chi connectivity index (χ4v) is 2.54. The Hall–Kier alpha value is -2.55. The fraction of sp³-hybridized carbons (Fsp3) is 0.118. The number of hydrogen-bond acceptors (Lipinski definition) is 3. The Morgan fingerprint density at radius 3 is 2.00 bits per heavy atom. The van der Waals surface area contributed by atoms with Gasteiger partial charge >= 0.3 is 0 Å². The Morgan fingerprint density at radius 2 is 1.40 bits per heavy atom. The first-order chi connectivity index (χ1) is 9.58. The van der Waals surface area contributed by atoms with Crippen molar-refractivity contribution in [2.75, 3.05) is 0 Å². The van der Waals surface area contributed by atoms with Gasteiger partial charge in [-0.25, -0.2) is 0 Å². The number of carbonyl (C=O) groups excluding carboxylic acids is 3. The maximum atomic E-state index is 12.5. The van der Waals surface area contributed by atoms with Crippen molar-refractivity contribution in [3.63, 3.8) is 0 Å². The lowest BCUT2D eigenvalue weighted by Crippen LogP contribution is -2.21. The zero-order chi connectivity index (χ0) is 14.3. The molecule has 0 aromatic heterocycles. The van der Waals surface area contributed by atoms with Crippen molar-refractivity contribution >= 4 is 17.3 Å².